The molecule has 0 aromatic carbocycles. The average molecular weight is 293 g/mol. The Bertz CT molecular complexity index is 238. The second kappa shape index (κ2) is 14.7. The van der Waals surface area contributed by atoms with E-state index in [9.17, 15) is 0 Å². The Kier molecular flexibility index (Phi) is 13.1. The SMILES string of the molecule is CCCCC/C1=C/CCCCCCCCCCCCCC1. The number of allylic oxidation sites excluding steroid dienone is 2. The van der Waals surface area contributed by atoms with Crippen LogP contribution < -0.4 is 0 Å². The van der Waals surface area contributed by atoms with Crippen molar-refractivity contribution in [3.8, 4) is 0 Å². The Labute approximate surface area is 134 Å². The van der Waals surface area contributed by atoms with Gasteiger partial charge in [0.2, 0.25) is 0 Å². The lowest BCUT2D eigenvalue weighted by Gasteiger charge is -2.09. The fourth-order valence-electron chi connectivity index (χ4n) is 3.50. The predicted octanol–water partition coefficient (Wildman–Crippen LogP) is 7.97. The monoisotopic (exact) mass is 292 g/mol. The maximum absolute atomic E-state index is 2.61. The summed E-state index contributed by atoms with van der Waals surface area (Å²) in [5.41, 5.74) is 1.79. The first kappa shape index (κ1) is 18.8. The highest BCUT2D eigenvalue weighted by Crippen LogP contribution is 2.20. The third-order valence-electron chi connectivity index (χ3n) is 4.99. The predicted molar refractivity (Wildman–Crippen MR) is 96.9 cm³/mol. The number of hydrogen-bond donors (Lipinski definition) is 0. The van der Waals surface area contributed by atoms with Crippen molar-refractivity contribution in [3.63, 3.8) is 0 Å². The van der Waals surface area contributed by atoms with Crippen LogP contribution in [0.5, 0.6) is 0 Å². The third-order valence-corrected chi connectivity index (χ3v) is 4.99. The van der Waals surface area contributed by atoms with E-state index in [4.69, 9.17) is 0 Å². The summed E-state index contributed by atoms with van der Waals surface area (Å²) < 4.78 is 0. The molecule has 0 aromatic heterocycles. The van der Waals surface area contributed by atoms with E-state index in [2.05, 4.69) is 13.0 Å². The molecule has 21 heavy (non-hydrogen) atoms. The van der Waals surface area contributed by atoms with Gasteiger partial charge >= 0.3 is 0 Å². The smallest absolute Gasteiger partial charge is 0.0320 e. The zero-order valence-electron chi connectivity index (χ0n) is 14.8. The highest BCUT2D eigenvalue weighted by Gasteiger charge is 2.00. The van der Waals surface area contributed by atoms with Crippen LogP contribution in [0, 0.1) is 0 Å². The van der Waals surface area contributed by atoms with Crippen LogP contribution in [-0.2, 0) is 0 Å². The molecule has 0 N–H and O–H groups in total. The van der Waals surface area contributed by atoms with Crippen LogP contribution in [-0.4, -0.2) is 0 Å². The summed E-state index contributed by atoms with van der Waals surface area (Å²) in [5, 5.41) is 0. The summed E-state index contributed by atoms with van der Waals surface area (Å²) >= 11 is 0. The molecular weight excluding hydrogens is 252 g/mol. The lowest BCUT2D eigenvalue weighted by Crippen LogP contribution is -1.89. The van der Waals surface area contributed by atoms with Crippen molar-refractivity contribution < 1.29 is 0 Å². The van der Waals surface area contributed by atoms with E-state index in [1.54, 1.807) is 5.57 Å². The Morgan fingerprint density at radius 1 is 0.667 bits per heavy atom. The maximum atomic E-state index is 2.61. The Morgan fingerprint density at radius 3 is 1.76 bits per heavy atom. The zero-order chi connectivity index (χ0) is 15.0. The maximum Gasteiger partial charge on any atom is -0.0320 e. The zero-order valence-corrected chi connectivity index (χ0v) is 14.8. The standard InChI is InChI=1S/C21H40/c1-2-3-15-18-21-19-16-13-11-9-7-5-4-6-8-10-12-14-17-20-21/h19H,2-18,20H2,1H3/b21-19-. The van der Waals surface area contributed by atoms with E-state index < -0.39 is 0 Å². The highest BCUT2D eigenvalue weighted by molar-refractivity contribution is 5.01. The average Bonchev–Trinajstić information content (AvgIpc) is 2.49. The summed E-state index contributed by atoms with van der Waals surface area (Å²) in [4.78, 5) is 0. The number of hydrogen-bond acceptors (Lipinski definition) is 0. The van der Waals surface area contributed by atoms with Gasteiger partial charge in [0.05, 0.1) is 0 Å². The molecule has 1 rings (SSSR count). The van der Waals surface area contributed by atoms with Crippen molar-refractivity contribution in [3.05, 3.63) is 11.6 Å². The summed E-state index contributed by atoms with van der Waals surface area (Å²) in [7, 11) is 0. The van der Waals surface area contributed by atoms with Crippen LogP contribution in [0.2, 0.25) is 0 Å². The first-order valence-electron chi connectivity index (χ1n) is 10.1. The highest BCUT2D eigenvalue weighted by atomic mass is 14.1. The molecule has 0 amide bonds. The van der Waals surface area contributed by atoms with Crippen molar-refractivity contribution in [1.82, 2.24) is 0 Å². The topological polar surface area (TPSA) is 0 Å². The minimum atomic E-state index is 1.35. The molecule has 0 atom stereocenters. The minimum absolute atomic E-state index is 1.35. The molecular formula is C21H40. The van der Waals surface area contributed by atoms with Gasteiger partial charge in [-0.3, -0.25) is 0 Å². The summed E-state index contributed by atoms with van der Waals surface area (Å²) in [6.45, 7) is 2.31. The van der Waals surface area contributed by atoms with Gasteiger partial charge in [0.1, 0.15) is 0 Å². The molecule has 1 aliphatic rings. The van der Waals surface area contributed by atoms with Gasteiger partial charge in [-0.25, -0.2) is 0 Å². The molecule has 0 saturated heterocycles. The van der Waals surface area contributed by atoms with Crippen LogP contribution >= 0.6 is 0 Å². The van der Waals surface area contributed by atoms with E-state index >= 15 is 0 Å². The van der Waals surface area contributed by atoms with Gasteiger partial charge in [0.25, 0.3) is 0 Å². The summed E-state index contributed by atoms with van der Waals surface area (Å²) in [6, 6.07) is 0. The second-order valence-electron chi connectivity index (χ2n) is 7.10. The van der Waals surface area contributed by atoms with Crippen LogP contribution in [0.1, 0.15) is 122 Å². The number of rotatable bonds is 4. The molecule has 0 heteroatoms. The van der Waals surface area contributed by atoms with Crippen molar-refractivity contribution in [2.75, 3.05) is 0 Å². The van der Waals surface area contributed by atoms with Gasteiger partial charge in [-0.1, -0.05) is 95.6 Å². The minimum Gasteiger partial charge on any atom is -0.0853 e. The molecule has 0 nitrogen and oxygen atoms in total. The molecule has 0 heterocycles. The lowest BCUT2D eigenvalue weighted by molar-refractivity contribution is 0.536. The first-order chi connectivity index (χ1) is 10.4. The molecule has 0 saturated carbocycles. The first-order valence-corrected chi connectivity index (χ1v) is 10.1. The second-order valence-corrected chi connectivity index (χ2v) is 7.10. The van der Waals surface area contributed by atoms with Crippen molar-refractivity contribution in [2.45, 2.75) is 122 Å². The Hall–Kier alpha value is -0.260. The van der Waals surface area contributed by atoms with Crippen LogP contribution in [0.3, 0.4) is 0 Å². The van der Waals surface area contributed by atoms with Crippen molar-refractivity contribution in [1.29, 1.82) is 0 Å². The van der Waals surface area contributed by atoms with Gasteiger partial charge in [-0.2, -0.15) is 0 Å². The van der Waals surface area contributed by atoms with Gasteiger partial charge < -0.3 is 0 Å². The molecule has 0 spiro atoms. The van der Waals surface area contributed by atoms with E-state index in [0.717, 1.165) is 0 Å². The fourth-order valence-corrected chi connectivity index (χ4v) is 3.50. The van der Waals surface area contributed by atoms with E-state index in [-0.39, 0.29) is 0 Å². The third kappa shape index (κ3) is 12.0. The van der Waals surface area contributed by atoms with E-state index in [1.807, 2.05) is 0 Å². The molecule has 124 valence electrons. The quantitative estimate of drug-likeness (QED) is 0.364. The van der Waals surface area contributed by atoms with Crippen LogP contribution in [0.4, 0.5) is 0 Å². The van der Waals surface area contributed by atoms with E-state index in [0.29, 0.717) is 0 Å². The van der Waals surface area contributed by atoms with Gasteiger partial charge in [-0.05, 0) is 38.5 Å². The summed E-state index contributed by atoms with van der Waals surface area (Å²) in [6.07, 6.45) is 28.6. The van der Waals surface area contributed by atoms with Gasteiger partial charge in [-0.15, -0.1) is 0 Å². The molecule has 1 aliphatic carbocycles. The molecule has 0 radical (unpaired) electrons. The molecule has 0 unspecified atom stereocenters. The van der Waals surface area contributed by atoms with E-state index in [1.165, 1.54) is 116 Å². The van der Waals surface area contributed by atoms with Crippen molar-refractivity contribution in [2.24, 2.45) is 0 Å². The molecule has 0 aliphatic heterocycles. The largest absolute Gasteiger partial charge is 0.0853 e. The normalized spacial score (nSPS) is 23.4. The van der Waals surface area contributed by atoms with Crippen molar-refractivity contribution >= 4 is 0 Å². The van der Waals surface area contributed by atoms with Crippen LogP contribution in [0.25, 0.3) is 0 Å². The lowest BCUT2D eigenvalue weighted by atomic mass is 9.97. The molecule has 0 bridgehead atoms. The molecule has 0 fully saturated rings. The van der Waals surface area contributed by atoms with Gasteiger partial charge in [0, 0.05) is 0 Å². The Morgan fingerprint density at radius 2 is 1.19 bits per heavy atom. The Balaban J connectivity index is 2.29. The van der Waals surface area contributed by atoms with Crippen LogP contribution in [0.15, 0.2) is 11.6 Å². The molecule has 0 aromatic rings. The van der Waals surface area contributed by atoms with Gasteiger partial charge in [0.15, 0.2) is 0 Å². The summed E-state index contributed by atoms with van der Waals surface area (Å²) in [5.74, 6) is 0. The number of unbranched alkanes of at least 4 members (excludes halogenated alkanes) is 2. The fraction of sp³-hybridized carbons (Fsp3) is 0.905.